The molecular weight excluding hydrogens is 280 g/mol. The molecule has 0 spiro atoms. The van der Waals surface area contributed by atoms with Crippen LogP contribution in [0.2, 0.25) is 0 Å². The number of amides is 1. The topological polar surface area (TPSA) is 51.2 Å². The lowest BCUT2D eigenvalue weighted by atomic mass is 10.3. The summed E-state index contributed by atoms with van der Waals surface area (Å²) in [5, 5.41) is 2.88. The summed E-state index contributed by atoms with van der Waals surface area (Å²) in [5.41, 5.74) is 0.989. The number of thiazole rings is 1. The van der Waals surface area contributed by atoms with Gasteiger partial charge in [0.2, 0.25) is 5.91 Å². The average molecular weight is 296 g/mol. The van der Waals surface area contributed by atoms with Crippen LogP contribution in [-0.2, 0) is 9.53 Å². The smallest absolute Gasteiger partial charge is 0.230 e. The van der Waals surface area contributed by atoms with Crippen LogP contribution in [0.25, 0.3) is 10.2 Å². The largest absolute Gasteiger partial charge is 0.383 e. The number of benzene rings is 1. The number of para-hydroxylation sites is 1. The molecule has 0 unspecified atom stereocenters. The van der Waals surface area contributed by atoms with Crippen molar-refractivity contribution in [2.24, 2.45) is 0 Å². The van der Waals surface area contributed by atoms with Crippen molar-refractivity contribution in [3.8, 4) is 0 Å². The summed E-state index contributed by atoms with van der Waals surface area (Å²) in [6, 6.07) is 8.02. The molecule has 2 rings (SSSR count). The molecule has 2 aromatic rings. The van der Waals surface area contributed by atoms with Gasteiger partial charge in [0.1, 0.15) is 0 Å². The molecule has 1 atom stereocenters. The first kappa shape index (κ1) is 14.3. The summed E-state index contributed by atoms with van der Waals surface area (Å²) in [5.74, 6) is 0.391. The molecule has 6 heteroatoms. The van der Waals surface area contributed by atoms with Gasteiger partial charge in [0.05, 0.1) is 22.6 Å². The number of carbonyl (C=O) groups is 1. The first-order valence-corrected chi connectivity index (χ1v) is 7.76. The number of rotatable bonds is 6. The Labute approximate surface area is 120 Å². The van der Waals surface area contributed by atoms with Gasteiger partial charge in [-0.25, -0.2) is 4.98 Å². The summed E-state index contributed by atoms with van der Waals surface area (Å²) in [6.45, 7) is 2.45. The number of fused-ring (bicyclic) bond motifs is 1. The van der Waals surface area contributed by atoms with E-state index < -0.39 is 0 Å². The third-order valence-corrected chi connectivity index (χ3v) is 4.60. The fourth-order valence-electron chi connectivity index (χ4n) is 1.65. The van der Waals surface area contributed by atoms with Crippen LogP contribution in [0, 0.1) is 0 Å². The highest BCUT2D eigenvalue weighted by Crippen LogP contribution is 2.28. The van der Waals surface area contributed by atoms with Crippen LogP contribution in [0.4, 0.5) is 0 Å². The monoisotopic (exact) mass is 296 g/mol. The van der Waals surface area contributed by atoms with Crippen molar-refractivity contribution in [2.75, 3.05) is 19.5 Å². The van der Waals surface area contributed by atoms with Crippen LogP contribution in [0.15, 0.2) is 28.6 Å². The van der Waals surface area contributed by atoms with E-state index in [9.17, 15) is 4.79 Å². The number of hydrogen-bond acceptors (Lipinski definition) is 5. The van der Waals surface area contributed by atoms with E-state index in [1.54, 1.807) is 18.4 Å². The first-order valence-electron chi connectivity index (χ1n) is 5.95. The van der Waals surface area contributed by atoms with Crippen LogP contribution >= 0.6 is 23.1 Å². The molecule has 0 aliphatic rings. The van der Waals surface area contributed by atoms with Crippen molar-refractivity contribution in [3.05, 3.63) is 24.3 Å². The summed E-state index contributed by atoms with van der Waals surface area (Å²) in [4.78, 5) is 16.2. The second kappa shape index (κ2) is 6.88. The molecule has 0 bridgehead atoms. The Bertz CT molecular complexity index is 523. The van der Waals surface area contributed by atoms with Gasteiger partial charge in [-0.2, -0.15) is 0 Å². The van der Waals surface area contributed by atoms with E-state index in [1.807, 2.05) is 31.2 Å². The van der Waals surface area contributed by atoms with Crippen LogP contribution in [0.3, 0.4) is 0 Å². The van der Waals surface area contributed by atoms with E-state index in [0.29, 0.717) is 12.4 Å². The van der Waals surface area contributed by atoms with Crippen LogP contribution in [-0.4, -0.2) is 36.4 Å². The lowest BCUT2D eigenvalue weighted by Crippen LogP contribution is -2.36. The lowest BCUT2D eigenvalue weighted by Gasteiger charge is -2.11. The van der Waals surface area contributed by atoms with Crippen molar-refractivity contribution < 1.29 is 9.53 Å². The molecule has 0 fully saturated rings. The van der Waals surface area contributed by atoms with Gasteiger partial charge in [0, 0.05) is 13.2 Å². The molecule has 0 aliphatic heterocycles. The summed E-state index contributed by atoms with van der Waals surface area (Å²) in [6.07, 6.45) is 0. The van der Waals surface area contributed by atoms with Crippen molar-refractivity contribution in [2.45, 2.75) is 17.3 Å². The highest BCUT2D eigenvalue weighted by Gasteiger charge is 2.09. The Hall–Kier alpha value is -1.11. The van der Waals surface area contributed by atoms with Crippen molar-refractivity contribution in [1.29, 1.82) is 0 Å². The van der Waals surface area contributed by atoms with Gasteiger partial charge in [-0.1, -0.05) is 23.9 Å². The normalized spacial score (nSPS) is 12.5. The van der Waals surface area contributed by atoms with Crippen molar-refractivity contribution >= 4 is 39.2 Å². The molecule has 1 heterocycles. The number of nitrogens with one attached hydrogen (secondary N) is 1. The first-order chi connectivity index (χ1) is 9.19. The van der Waals surface area contributed by atoms with E-state index in [1.165, 1.54) is 11.8 Å². The minimum Gasteiger partial charge on any atom is -0.383 e. The molecule has 19 heavy (non-hydrogen) atoms. The molecule has 1 N–H and O–H groups in total. The number of aromatic nitrogens is 1. The van der Waals surface area contributed by atoms with Crippen LogP contribution < -0.4 is 5.32 Å². The Kier molecular flexibility index (Phi) is 5.18. The van der Waals surface area contributed by atoms with E-state index in [4.69, 9.17) is 4.74 Å². The highest BCUT2D eigenvalue weighted by molar-refractivity contribution is 8.01. The molecule has 1 aromatic carbocycles. The number of hydrogen-bond donors (Lipinski definition) is 1. The van der Waals surface area contributed by atoms with Gasteiger partial charge in [-0.15, -0.1) is 11.3 Å². The summed E-state index contributed by atoms with van der Waals surface area (Å²) >= 11 is 3.08. The molecule has 0 saturated carbocycles. The van der Waals surface area contributed by atoms with Crippen molar-refractivity contribution in [1.82, 2.24) is 10.3 Å². The molecule has 0 radical (unpaired) electrons. The fraction of sp³-hybridized carbons (Fsp3) is 0.385. The Morgan fingerprint density at radius 1 is 1.53 bits per heavy atom. The minimum atomic E-state index is 0.00815. The maximum Gasteiger partial charge on any atom is 0.230 e. The predicted octanol–water partition coefficient (Wildman–Crippen LogP) is 2.54. The SMILES string of the molecule is COC[C@H](C)NC(=O)CSc1nc2ccccc2s1. The Morgan fingerprint density at radius 3 is 3.05 bits per heavy atom. The second-order valence-electron chi connectivity index (χ2n) is 4.16. The van der Waals surface area contributed by atoms with Gasteiger partial charge < -0.3 is 10.1 Å². The van der Waals surface area contributed by atoms with Crippen LogP contribution in [0.5, 0.6) is 0 Å². The second-order valence-corrected chi connectivity index (χ2v) is 6.41. The molecule has 1 amide bonds. The predicted molar refractivity (Wildman–Crippen MR) is 79.8 cm³/mol. The Balaban J connectivity index is 1.86. The van der Waals surface area contributed by atoms with E-state index in [0.717, 1.165) is 14.6 Å². The molecule has 4 nitrogen and oxygen atoms in total. The van der Waals surface area contributed by atoms with Crippen molar-refractivity contribution in [3.63, 3.8) is 0 Å². The maximum atomic E-state index is 11.7. The third-order valence-electron chi connectivity index (χ3n) is 2.43. The Morgan fingerprint density at radius 2 is 2.32 bits per heavy atom. The van der Waals surface area contributed by atoms with Gasteiger partial charge in [0.15, 0.2) is 4.34 Å². The number of thioether (sulfide) groups is 1. The quantitative estimate of drug-likeness (QED) is 0.832. The van der Waals surface area contributed by atoms with Gasteiger partial charge in [0.25, 0.3) is 0 Å². The number of ether oxygens (including phenoxy) is 1. The van der Waals surface area contributed by atoms with Gasteiger partial charge in [-0.05, 0) is 19.1 Å². The minimum absolute atomic E-state index is 0.00815. The van der Waals surface area contributed by atoms with Gasteiger partial charge in [-0.3, -0.25) is 4.79 Å². The molecule has 102 valence electrons. The zero-order valence-corrected chi connectivity index (χ0v) is 12.5. The number of methoxy groups -OCH3 is 1. The fourth-order valence-corrected chi connectivity index (χ4v) is 3.53. The molecular formula is C13H16N2O2S2. The van der Waals surface area contributed by atoms with E-state index in [2.05, 4.69) is 10.3 Å². The molecule has 1 aromatic heterocycles. The average Bonchev–Trinajstić information content (AvgIpc) is 2.79. The summed E-state index contributed by atoms with van der Waals surface area (Å²) in [7, 11) is 1.62. The van der Waals surface area contributed by atoms with E-state index in [-0.39, 0.29) is 11.9 Å². The third kappa shape index (κ3) is 4.19. The van der Waals surface area contributed by atoms with Gasteiger partial charge >= 0.3 is 0 Å². The standard InChI is InChI=1S/C13H16N2O2S2/c1-9(7-17-2)14-12(16)8-18-13-15-10-5-3-4-6-11(10)19-13/h3-6,9H,7-8H2,1-2H3,(H,14,16)/t9-/m0/s1. The number of nitrogens with zero attached hydrogens (tertiary/aromatic N) is 1. The van der Waals surface area contributed by atoms with Crippen LogP contribution in [0.1, 0.15) is 6.92 Å². The maximum absolute atomic E-state index is 11.7. The molecule has 0 saturated heterocycles. The lowest BCUT2D eigenvalue weighted by molar-refractivity contribution is -0.119. The molecule has 0 aliphatic carbocycles. The number of carbonyl (C=O) groups excluding carboxylic acids is 1. The summed E-state index contributed by atoms with van der Waals surface area (Å²) < 4.78 is 7.05. The van der Waals surface area contributed by atoms with E-state index >= 15 is 0 Å². The zero-order chi connectivity index (χ0) is 13.7. The highest BCUT2D eigenvalue weighted by atomic mass is 32.2. The zero-order valence-electron chi connectivity index (χ0n) is 10.9.